The first-order valence-corrected chi connectivity index (χ1v) is 8.56. The molecule has 0 saturated heterocycles. The molecule has 1 aromatic rings. The van der Waals surface area contributed by atoms with Crippen LogP contribution in [0.5, 0.6) is 0 Å². The van der Waals surface area contributed by atoms with Gasteiger partial charge < -0.3 is 5.32 Å². The number of nitrogens with one attached hydrogen (secondary N) is 1. The molecule has 1 amide bonds. The van der Waals surface area contributed by atoms with Gasteiger partial charge in [-0.15, -0.1) is 0 Å². The summed E-state index contributed by atoms with van der Waals surface area (Å²) in [5, 5.41) is 7.51. The van der Waals surface area contributed by atoms with E-state index < -0.39 is 0 Å². The molecule has 2 rings (SSSR count). The molecule has 4 nitrogen and oxygen atoms in total. The molecule has 112 valence electrons. The molecule has 1 N–H and O–H groups in total. The zero-order valence-corrected chi connectivity index (χ0v) is 13.9. The first-order chi connectivity index (χ1) is 9.65. The van der Waals surface area contributed by atoms with Crippen molar-refractivity contribution in [1.82, 2.24) is 15.1 Å². The minimum atomic E-state index is 0.00400. The van der Waals surface area contributed by atoms with Crippen molar-refractivity contribution in [2.45, 2.75) is 57.3 Å². The van der Waals surface area contributed by atoms with Crippen LogP contribution in [0.4, 0.5) is 0 Å². The Bertz CT molecular complexity index is 458. The zero-order valence-electron chi connectivity index (χ0n) is 12.4. The van der Waals surface area contributed by atoms with E-state index in [1.165, 1.54) is 25.7 Å². The number of aromatic nitrogens is 2. The molecule has 0 aromatic carbocycles. The first kappa shape index (κ1) is 15.5. The van der Waals surface area contributed by atoms with Gasteiger partial charge in [0.1, 0.15) is 5.69 Å². The number of hydrogen-bond acceptors (Lipinski definition) is 2. The Kier molecular flexibility index (Phi) is 5.64. The lowest BCUT2D eigenvalue weighted by Gasteiger charge is -2.27. The third-order valence-corrected chi connectivity index (χ3v) is 5.27. The Hall–Kier alpha value is -0.840. The summed E-state index contributed by atoms with van der Waals surface area (Å²) < 4.78 is 1.79. The number of alkyl halides is 1. The highest BCUT2D eigenvalue weighted by Crippen LogP contribution is 2.29. The van der Waals surface area contributed by atoms with E-state index in [-0.39, 0.29) is 5.91 Å². The van der Waals surface area contributed by atoms with Crippen LogP contribution in [0.25, 0.3) is 0 Å². The van der Waals surface area contributed by atoms with Crippen molar-refractivity contribution >= 4 is 21.8 Å². The van der Waals surface area contributed by atoms with E-state index in [0.29, 0.717) is 16.4 Å². The van der Waals surface area contributed by atoms with Crippen LogP contribution in [0.3, 0.4) is 0 Å². The van der Waals surface area contributed by atoms with Crippen molar-refractivity contribution in [3.05, 3.63) is 17.5 Å². The van der Waals surface area contributed by atoms with Gasteiger partial charge >= 0.3 is 0 Å². The van der Waals surface area contributed by atoms with E-state index >= 15 is 0 Å². The van der Waals surface area contributed by atoms with Gasteiger partial charge in [0.25, 0.3) is 5.91 Å². The predicted molar refractivity (Wildman–Crippen MR) is 84.3 cm³/mol. The summed E-state index contributed by atoms with van der Waals surface area (Å²) >= 11 is 3.74. The lowest BCUT2D eigenvalue weighted by molar-refractivity contribution is 0.0934. The fourth-order valence-corrected chi connectivity index (χ4v) is 3.55. The maximum Gasteiger partial charge on any atom is 0.269 e. The summed E-state index contributed by atoms with van der Waals surface area (Å²) in [4.78, 5) is 12.9. The van der Waals surface area contributed by atoms with E-state index in [2.05, 4.69) is 33.3 Å². The van der Waals surface area contributed by atoms with Gasteiger partial charge in [-0.05, 0) is 38.2 Å². The molecule has 1 fully saturated rings. The second-order valence-electron chi connectivity index (χ2n) is 5.46. The molecule has 2 unspecified atom stereocenters. The maximum atomic E-state index is 12.3. The van der Waals surface area contributed by atoms with Crippen molar-refractivity contribution in [2.24, 2.45) is 5.92 Å². The van der Waals surface area contributed by atoms with Crippen LogP contribution in [0.1, 0.15) is 55.7 Å². The second-order valence-corrected chi connectivity index (χ2v) is 6.64. The average Bonchev–Trinajstić information content (AvgIpc) is 2.89. The minimum absolute atomic E-state index is 0.00400. The third-order valence-electron chi connectivity index (χ3n) is 4.07. The van der Waals surface area contributed by atoms with Crippen LogP contribution in [0, 0.1) is 5.92 Å². The number of halogens is 1. The van der Waals surface area contributed by atoms with Gasteiger partial charge in [0.15, 0.2) is 0 Å². The first-order valence-electron chi connectivity index (χ1n) is 7.64. The van der Waals surface area contributed by atoms with E-state index in [1.54, 1.807) is 4.68 Å². The van der Waals surface area contributed by atoms with E-state index in [1.807, 2.05) is 13.0 Å². The van der Waals surface area contributed by atoms with Crippen LogP contribution in [0.15, 0.2) is 6.07 Å². The Morgan fingerprint density at radius 1 is 1.45 bits per heavy atom. The van der Waals surface area contributed by atoms with Crippen LogP contribution in [0.2, 0.25) is 0 Å². The van der Waals surface area contributed by atoms with Gasteiger partial charge in [0.05, 0.1) is 5.69 Å². The smallest absolute Gasteiger partial charge is 0.269 e. The van der Waals surface area contributed by atoms with E-state index in [0.717, 1.165) is 25.2 Å². The molecule has 1 saturated carbocycles. The summed E-state index contributed by atoms with van der Waals surface area (Å²) in [6.07, 6.45) is 5.84. The van der Waals surface area contributed by atoms with Crippen molar-refractivity contribution in [3.63, 3.8) is 0 Å². The minimum Gasteiger partial charge on any atom is -0.350 e. The molecule has 1 aliphatic carbocycles. The summed E-state index contributed by atoms with van der Waals surface area (Å²) in [6.45, 7) is 5.55. The fourth-order valence-electron chi connectivity index (χ4n) is 2.77. The highest BCUT2D eigenvalue weighted by molar-refractivity contribution is 9.09. The Morgan fingerprint density at radius 2 is 2.20 bits per heavy atom. The molecule has 1 aliphatic rings. The Balaban J connectivity index is 1.95. The monoisotopic (exact) mass is 341 g/mol. The molecule has 5 heteroatoms. The third kappa shape index (κ3) is 3.62. The van der Waals surface area contributed by atoms with Crippen LogP contribution in [-0.2, 0) is 13.0 Å². The molecule has 0 radical (unpaired) electrons. The highest BCUT2D eigenvalue weighted by atomic mass is 79.9. The number of carbonyl (C=O) groups is 1. The maximum absolute atomic E-state index is 12.3. The molecular formula is C15H24BrN3O. The molecule has 2 atom stereocenters. The molecule has 0 bridgehead atoms. The molecule has 1 heterocycles. The Labute approximate surface area is 129 Å². The topological polar surface area (TPSA) is 46.9 Å². The summed E-state index contributed by atoms with van der Waals surface area (Å²) in [7, 11) is 0. The molecule has 20 heavy (non-hydrogen) atoms. The number of carbonyl (C=O) groups excluding carboxylic acids is 1. The average molecular weight is 342 g/mol. The molecule has 1 aromatic heterocycles. The number of nitrogens with zero attached hydrogens (tertiary/aromatic N) is 2. The van der Waals surface area contributed by atoms with Gasteiger partial charge in [-0.3, -0.25) is 9.48 Å². The second kappa shape index (κ2) is 7.25. The van der Waals surface area contributed by atoms with Crippen LogP contribution >= 0.6 is 15.9 Å². The standard InChI is InChI=1S/C15H24BrN3O/c1-3-12-9-14(19(4-2)18-12)15(20)17-10-11-7-5-6-8-13(11)16/h9,11,13H,3-8,10H2,1-2H3,(H,17,20). The van der Waals surface area contributed by atoms with Crippen molar-refractivity contribution in [1.29, 1.82) is 0 Å². The van der Waals surface area contributed by atoms with Crippen LogP contribution in [-0.4, -0.2) is 27.1 Å². The fraction of sp³-hybridized carbons (Fsp3) is 0.733. The van der Waals surface area contributed by atoms with Crippen molar-refractivity contribution in [3.8, 4) is 0 Å². The Morgan fingerprint density at radius 3 is 2.85 bits per heavy atom. The predicted octanol–water partition coefficient (Wildman–Crippen LogP) is 3.15. The molecular weight excluding hydrogens is 318 g/mol. The highest BCUT2D eigenvalue weighted by Gasteiger charge is 2.23. The van der Waals surface area contributed by atoms with Crippen molar-refractivity contribution < 1.29 is 4.79 Å². The lowest BCUT2D eigenvalue weighted by Crippen LogP contribution is -2.35. The largest absolute Gasteiger partial charge is 0.350 e. The summed E-state index contributed by atoms with van der Waals surface area (Å²) in [5.41, 5.74) is 1.67. The van der Waals surface area contributed by atoms with Gasteiger partial charge in [-0.1, -0.05) is 35.7 Å². The molecule has 0 spiro atoms. The number of aryl methyl sites for hydroxylation is 2. The number of rotatable bonds is 5. The normalized spacial score (nSPS) is 22.8. The number of hydrogen-bond donors (Lipinski definition) is 1. The quantitative estimate of drug-likeness (QED) is 0.836. The lowest BCUT2D eigenvalue weighted by atomic mass is 9.89. The van der Waals surface area contributed by atoms with Gasteiger partial charge in [0.2, 0.25) is 0 Å². The molecule has 0 aliphatic heterocycles. The van der Waals surface area contributed by atoms with Crippen molar-refractivity contribution in [2.75, 3.05) is 6.54 Å². The van der Waals surface area contributed by atoms with Gasteiger partial charge in [-0.2, -0.15) is 5.10 Å². The number of amides is 1. The van der Waals surface area contributed by atoms with E-state index in [9.17, 15) is 4.79 Å². The SMILES string of the molecule is CCc1cc(C(=O)NCC2CCCCC2Br)n(CC)n1. The zero-order chi connectivity index (χ0) is 14.5. The summed E-state index contributed by atoms with van der Waals surface area (Å²) in [5.74, 6) is 0.556. The van der Waals surface area contributed by atoms with Crippen LogP contribution < -0.4 is 5.32 Å². The summed E-state index contributed by atoms with van der Waals surface area (Å²) in [6, 6.07) is 1.91. The van der Waals surface area contributed by atoms with Gasteiger partial charge in [0, 0.05) is 17.9 Å². The van der Waals surface area contributed by atoms with E-state index in [4.69, 9.17) is 0 Å². The van der Waals surface area contributed by atoms with Gasteiger partial charge in [-0.25, -0.2) is 0 Å².